The number of hydrogen-bond acceptors (Lipinski definition) is 2. The first-order chi connectivity index (χ1) is 25.3. The normalized spacial score (nSPS) is 18.0. The van der Waals surface area contributed by atoms with Gasteiger partial charge in [-0.3, -0.25) is 4.99 Å². The molecule has 2 atom stereocenters. The molecule has 1 N–H and O–H groups in total. The topological polar surface area (TPSA) is 24.4 Å². The Morgan fingerprint density at radius 1 is 0.431 bits per heavy atom. The second-order valence-corrected chi connectivity index (χ2v) is 14.2. The van der Waals surface area contributed by atoms with Gasteiger partial charge in [-0.15, -0.1) is 0 Å². The van der Waals surface area contributed by atoms with Gasteiger partial charge in [0.25, 0.3) is 0 Å². The van der Waals surface area contributed by atoms with Crippen molar-refractivity contribution >= 4 is 22.2 Å². The van der Waals surface area contributed by atoms with E-state index >= 15 is 0 Å². The van der Waals surface area contributed by atoms with E-state index in [1.165, 1.54) is 77.5 Å². The number of nitrogens with zero attached hydrogens (tertiary/aromatic N) is 1. The summed E-state index contributed by atoms with van der Waals surface area (Å²) in [4.78, 5) is 5.45. The van der Waals surface area contributed by atoms with Crippen LogP contribution in [0.5, 0.6) is 0 Å². The van der Waals surface area contributed by atoms with E-state index in [2.05, 4.69) is 175 Å². The highest BCUT2D eigenvalue weighted by atomic mass is 15.1. The molecule has 0 saturated heterocycles. The largest absolute Gasteiger partial charge is 0.360 e. The minimum absolute atomic E-state index is 0.235. The van der Waals surface area contributed by atoms with Crippen LogP contribution >= 0.6 is 0 Å². The zero-order valence-corrected chi connectivity index (χ0v) is 27.7. The Kier molecular flexibility index (Phi) is 5.25. The number of aliphatic imine (C=N–C) groups is 1. The first-order valence-corrected chi connectivity index (χ1v) is 17.8. The van der Waals surface area contributed by atoms with Crippen LogP contribution in [0.15, 0.2) is 175 Å². The van der Waals surface area contributed by atoms with Crippen molar-refractivity contribution in [3.63, 3.8) is 0 Å². The van der Waals surface area contributed by atoms with Crippen molar-refractivity contribution in [1.29, 1.82) is 0 Å². The number of anilines is 1. The molecule has 4 aliphatic rings. The second kappa shape index (κ2) is 9.80. The van der Waals surface area contributed by atoms with Crippen molar-refractivity contribution in [3.8, 4) is 44.5 Å². The van der Waals surface area contributed by atoms with Gasteiger partial charge >= 0.3 is 0 Å². The van der Waals surface area contributed by atoms with Gasteiger partial charge in [-0.05, 0) is 101 Å². The Hall–Kier alpha value is -6.51. The van der Waals surface area contributed by atoms with Crippen LogP contribution in [0.25, 0.3) is 55.3 Å². The summed E-state index contributed by atoms with van der Waals surface area (Å²) in [6.07, 6.45) is -0.235. The van der Waals surface area contributed by atoms with E-state index in [-0.39, 0.29) is 6.17 Å². The summed E-state index contributed by atoms with van der Waals surface area (Å²) in [6.45, 7) is 0. The Morgan fingerprint density at radius 2 is 1.06 bits per heavy atom. The molecule has 0 bridgehead atoms. The smallest absolute Gasteiger partial charge is 0.145 e. The van der Waals surface area contributed by atoms with Gasteiger partial charge in [0.05, 0.1) is 11.1 Å². The maximum absolute atomic E-state index is 5.45. The van der Waals surface area contributed by atoms with Gasteiger partial charge in [-0.25, -0.2) is 0 Å². The molecule has 1 spiro atoms. The molecule has 2 heteroatoms. The maximum atomic E-state index is 5.45. The van der Waals surface area contributed by atoms with Gasteiger partial charge < -0.3 is 5.32 Å². The number of hydrogen-bond donors (Lipinski definition) is 1. The van der Waals surface area contributed by atoms with Gasteiger partial charge in [-0.2, -0.15) is 0 Å². The summed E-state index contributed by atoms with van der Waals surface area (Å²) in [5, 5.41) is 6.53. The molecule has 12 rings (SSSR count). The molecule has 8 aromatic carbocycles. The molecule has 1 aliphatic heterocycles. The molecule has 2 unspecified atom stereocenters. The van der Waals surface area contributed by atoms with Gasteiger partial charge in [0.1, 0.15) is 6.17 Å². The van der Waals surface area contributed by atoms with Crippen LogP contribution in [0.4, 0.5) is 5.69 Å². The molecule has 51 heavy (non-hydrogen) atoms. The summed E-state index contributed by atoms with van der Waals surface area (Å²) in [6, 6.07) is 62.9. The molecule has 8 aromatic rings. The minimum Gasteiger partial charge on any atom is -0.360 e. The van der Waals surface area contributed by atoms with Gasteiger partial charge in [0, 0.05) is 16.8 Å². The Balaban J connectivity index is 1.15. The van der Waals surface area contributed by atoms with E-state index in [0.29, 0.717) is 0 Å². The average molecular weight is 647 g/mol. The number of nitrogens with one attached hydrogen (secondary N) is 1. The molecule has 0 saturated carbocycles. The third-order valence-corrected chi connectivity index (χ3v) is 11.8. The molecule has 236 valence electrons. The van der Waals surface area contributed by atoms with Crippen LogP contribution in [0.2, 0.25) is 0 Å². The molecule has 3 aliphatic carbocycles. The molecule has 0 amide bonds. The third kappa shape index (κ3) is 3.40. The first kappa shape index (κ1) is 27.3. The quantitative estimate of drug-likeness (QED) is 0.199. The van der Waals surface area contributed by atoms with Crippen LogP contribution in [0.1, 0.15) is 45.1 Å². The second-order valence-electron chi connectivity index (χ2n) is 14.2. The molecule has 1 heterocycles. The number of para-hydroxylation sites is 1. The van der Waals surface area contributed by atoms with Crippen molar-refractivity contribution < 1.29 is 0 Å². The van der Waals surface area contributed by atoms with Crippen molar-refractivity contribution in [2.24, 2.45) is 4.99 Å². The van der Waals surface area contributed by atoms with Crippen molar-refractivity contribution in [1.82, 2.24) is 0 Å². The number of fused-ring (bicyclic) bond motifs is 15. The minimum atomic E-state index is -0.468. The van der Waals surface area contributed by atoms with E-state index in [9.17, 15) is 0 Å². The Bertz CT molecular complexity index is 2840. The van der Waals surface area contributed by atoms with Crippen LogP contribution in [0, 0.1) is 0 Å². The fourth-order valence-electron chi connectivity index (χ4n) is 9.86. The highest BCUT2D eigenvalue weighted by Crippen LogP contribution is 2.65. The summed E-state index contributed by atoms with van der Waals surface area (Å²) in [7, 11) is 0. The number of benzene rings is 8. The maximum Gasteiger partial charge on any atom is 0.145 e. The number of rotatable bonds is 2. The van der Waals surface area contributed by atoms with Crippen LogP contribution in [-0.4, -0.2) is 5.71 Å². The van der Waals surface area contributed by atoms with E-state index < -0.39 is 5.41 Å². The standard InChI is InChI=1S/C49H30N2/c1-2-13-29(14-3-1)47-37-19-8-11-24-44(37)50-48(51-47)30-25-26-34-33-17-6-9-22-40(33)49(42(34)27-30)41-23-10-7-18-36(41)46-38-21-12-20-35-31-15-4-5-16-32(31)39(45(35)38)28-43(46)49/h1-28,48,50H. The van der Waals surface area contributed by atoms with Crippen LogP contribution in [-0.2, 0) is 5.41 Å². The zero-order chi connectivity index (χ0) is 33.3. The fourth-order valence-corrected chi connectivity index (χ4v) is 9.86. The summed E-state index contributed by atoms with van der Waals surface area (Å²) in [5.74, 6) is 0. The lowest BCUT2D eigenvalue weighted by molar-refractivity contribution is 0.780. The molecule has 0 radical (unpaired) electrons. The summed E-state index contributed by atoms with van der Waals surface area (Å²) in [5.41, 5.74) is 21.1. The van der Waals surface area contributed by atoms with E-state index in [1.54, 1.807) is 0 Å². The molecular weight excluding hydrogens is 617 g/mol. The fraction of sp³-hybridized carbons (Fsp3) is 0.0408. The predicted octanol–water partition coefficient (Wildman–Crippen LogP) is 11.8. The molecule has 0 fully saturated rings. The van der Waals surface area contributed by atoms with Crippen molar-refractivity contribution in [2.75, 3.05) is 5.32 Å². The molecule has 2 nitrogen and oxygen atoms in total. The van der Waals surface area contributed by atoms with E-state index in [1.807, 2.05) is 0 Å². The predicted molar refractivity (Wildman–Crippen MR) is 210 cm³/mol. The van der Waals surface area contributed by atoms with E-state index in [4.69, 9.17) is 4.99 Å². The van der Waals surface area contributed by atoms with Crippen LogP contribution in [0.3, 0.4) is 0 Å². The van der Waals surface area contributed by atoms with Crippen molar-refractivity contribution in [2.45, 2.75) is 11.6 Å². The summed E-state index contributed by atoms with van der Waals surface area (Å²) >= 11 is 0. The van der Waals surface area contributed by atoms with Gasteiger partial charge in [0.15, 0.2) is 0 Å². The average Bonchev–Trinajstić information content (AvgIpc) is 3.80. The Labute approximate surface area is 296 Å². The monoisotopic (exact) mass is 646 g/mol. The lowest BCUT2D eigenvalue weighted by atomic mass is 9.69. The molecule has 0 aromatic heterocycles. The van der Waals surface area contributed by atoms with Gasteiger partial charge in [0.2, 0.25) is 0 Å². The summed E-state index contributed by atoms with van der Waals surface area (Å²) < 4.78 is 0. The SMILES string of the molecule is c1ccc(C2=NC(c3ccc4c(c3)C3(c5ccccc5-4)c4ccccc4-c4c3cc3c5c(cccc45)-c4ccccc4-3)Nc3ccccc32)cc1. The highest BCUT2D eigenvalue weighted by molar-refractivity contribution is 6.21. The lowest BCUT2D eigenvalue weighted by Crippen LogP contribution is -2.26. The van der Waals surface area contributed by atoms with Crippen LogP contribution < -0.4 is 5.32 Å². The molecular formula is C49H30N2. The lowest BCUT2D eigenvalue weighted by Gasteiger charge is -2.32. The first-order valence-electron chi connectivity index (χ1n) is 17.8. The Morgan fingerprint density at radius 3 is 1.88 bits per heavy atom. The highest BCUT2D eigenvalue weighted by Gasteiger charge is 2.52. The van der Waals surface area contributed by atoms with Crippen molar-refractivity contribution in [3.05, 3.63) is 209 Å². The van der Waals surface area contributed by atoms with Gasteiger partial charge in [-0.1, -0.05) is 152 Å². The zero-order valence-electron chi connectivity index (χ0n) is 27.7. The van der Waals surface area contributed by atoms with E-state index in [0.717, 1.165) is 28.1 Å². The third-order valence-electron chi connectivity index (χ3n) is 11.8.